The summed E-state index contributed by atoms with van der Waals surface area (Å²) in [5, 5.41) is 4.48. The molecular formula is C31H46N6O4S. The Labute approximate surface area is 253 Å². The van der Waals surface area contributed by atoms with Crippen LogP contribution in [0.5, 0.6) is 0 Å². The van der Waals surface area contributed by atoms with Crippen LogP contribution in [0, 0.1) is 18.3 Å². The lowest BCUT2D eigenvalue weighted by atomic mass is 9.87. The molecule has 2 aromatic rings. The van der Waals surface area contributed by atoms with Gasteiger partial charge in [-0.2, -0.15) is 0 Å². The van der Waals surface area contributed by atoms with Crippen LogP contribution >= 0.6 is 11.3 Å². The number of thiazole rings is 1. The van der Waals surface area contributed by atoms with Gasteiger partial charge in [0.25, 0.3) is 0 Å². The Morgan fingerprint density at radius 1 is 1.24 bits per heavy atom. The fourth-order valence-corrected chi connectivity index (χ4v) is 5.77. The van der Waals surface area contributed by atoms with E-state index in [1.54, 1.807) is 17.5 Å². The Morgan fingerprint density at radius 3 is 2.38 bits per heavy atom. The molecule has 0 radical (unpaired) electrons. The second-order valence-electron chi connectivity index (χ2n) is 12.2. The lowest BCUT2D eigenvalue weighted by Crippen LogP contribution is -2.46. The summed E-state index contributed by atoms with van der Waals surface area (Å²) in [6.07, 6.45) is 6.81. The molecule has 0 spiro atoms. The Hall–Kier alpha value is -3.28. The summed E-state index contributed by atoms with van der Waals surface area (Å²) in [5.74, 6) is 5.92. The van der Waals surface area contributed by atoms with Gasteiger partial charge >= 0.3 is 5.97 Å². The first-order chi connectivity index (χ1) is 19.8. The number of carbonyl (C=O) groups is 3. The molecule has 5 N–H and O–H groups in total. The average Bonchev–Trinajstić information content (AvgIpc) is 3.57. The van der Waals surface area contributed by atoms with E-state index in [0.717, 1.165) is 65.9 Å². The maximum Gasteiger partial charge on any atom is 0.307 e. The fraction of sp³-hybridized carbons (Fsp3) is 0.548. The summed E-state index contributed by atoms with van der Waals surface area (Å²) in [7, 11) is 3.32. The molecule has 42 heavy (non-hydrogen) atoms. The highest BCUT2D eigenvalue weighted by atomic mass is 32.1. The number of nitrogens with one attached hydrogen (secondary N) is 1. The number of likely N-dealkylation sites (tertiary alicyclic amines) is 1. The van der Waals surface area contributed by atoms with E-state index in [9.17, 15) is 14.4 Å². The second kappa shape index (κ2) is 14.8. The molecule has 230 valence electrons. The molecule has 2 aliphatic rings. The topological polar surface area (TPSA) is 144 Å². The number of nitrogens with zero attached hydrogens (tertiary/aromatic N) is 3. The number of carbonyl (C=O) groups excluding carboxylic acids is 3. The van der Waals surface area contributed by atoms with Crippen molar-refractivity contribution in [3.8, 4) is 10.4 Å². The Balaban J connectivity index is 0.000000274. The van der Waals surface area contributed by atoms with Gasteiger partial charge in [-0.3, -0.25) is 14.5 Å². The zero-order valence-corrected chi connectivity index (χ0v) is 26.4. The number of aldehydes is 1. The quantitative estimate of drug-likeness (QED) is 0.160. The molecule has 1 saturated heterocycles. The van der Waals surface area contributed by atoms with Gasteiger partial charge in [-0.15, -0.1) is 11.3 Å². The summed E-state index contributed by atoms with van der Waals surface area (Å²) >= 11 is 1.60. The summed E-state index contributed by atoms with van der Waals surface area (Å²) < 4.78 is 4.82. The molecule has 1 aliphatic carbocycles. The summed E-state index contributed by atoms with van der Waals surface area (Å²) in [6.45, 7) is 8.84. The molecule has 10 nitrogen and oxygen atoms in total. The normalized spacial score (nSPS) is 18.8. The van der Waals surface area contributed by atoms with Gasteiger partial charge in [0.05, 0.1) is 41.7 Å². The van der Waals surface area contributed by atoms with E-state index in [2.05, 4.69) is 15.2 Å². The monoisotopic (exact) mass is 598 g/mol. The first kappa shape index (κ1) is 33.2. The number of methoxy groups -OCH3 is 1. The Morgan fingerprint density at radius 2 is 1.90 bits per heavy atom. The average molecular weight is 599 g/mol. The molecule has 3 unspecified atom stereocenters. The van der Waals surface area contributed by atoms with E-state index in [0.29, 0.717) is 5.92 Å². The highest BCUT2D eigenvalue weighted by molar-refractivity contribution is 7.13. The number of allylic oxidation sites excluding steroid dienone is 1. The number of hydrogen-bond donors (Lipinski definition) is 3. The van der Waals surface area contributed by atoms with Crippen LogP contribution in [0.25, 0.3) is 10.4 Å². The lowest BCUT2D eigenvalue weighted by Gasteiger charge is -2.32. The number of esters is 1. The van der Waals surface area contributed by atoms with Gasteiger partial charge < -0.3 is 25.6 Å². The van der Waals surface area contributed by atoms with Gasteiger partial charge in [0.15, 0.2) is 0 Å². The third-order valence-corrected chi connectivity index (χ3v) is 8.72. The lowest BCUT2D eigenvalue weighted by molar-refractivity contribution is -0.141. The van der Waals surface area contributed by atoms with E-state index >= 15 is 0 Å². The van der Waals surface area contributed by atoms with Crippen LogP contribution in [-0.4, -0.2) is 65.8 Å². The Kier molecular flexibility index (Phi) is 11.7. The van der Waals surface area contributed by atoms with E-state index < -0.39 is 6.04 Å². The van der Waals surface area contributed by atoms with Crippen molar-refractivity contribution in [3.63, 3.8) is 0 Å². The molecule has 1 amide bonds. The number of benzene rings is 1. The molecule has 0 bridgehead atoms. The van der Waals surface area contributed by atoms with Crippen molar-refractivity contribution in [3.05, 3.63) is 52.9 Å². The van der Waals surface area contributed by atoms with E-state index in [4.69, 9.17) is 16.3 Å². The standard InChI is InChI=1S/C20H25N3O3S.C11H21N3O/c1-13-19(27-12-21-13)15-8-6-14(7-9-15)16(11-18(24)26-3)22-20(25)17-5-4-10-23(17)2;1-11(2,3)10(7-15)14(13)6-9(12)8-4-5-8/h6-9,12,16-17H,4-5,10-11H2,1-3H3,(H,22,25);6-8,10H,4-5,12-13H2,1-3H3/b;9-6-. The molecule has 1 aromatic heterocycles. The molecule has 3 atom stereocenters. The number of aromatic nitrogens is 1. The van der Waals surface area contributed by atoms with Crippen molar-refractivity contribution in [2.75, 3.05) is 20.7 Å². The largest absolute Gasteiger partial charge is 0.469 e. The number of rotatable bonds is 10. The molecule has 11 heteroatoms. The minimum Gasteiger partial charge on any atom is -0.469 e. The Bertz CT molecular complexity index is 1230. The van der Waals surface area contributed by atoms with Gasteiger partial charge in [-0.05, 0) is 62.7 Å². The number of likely N-dealkylation sites (N-methyl/N-ethyl adjacent to an activating group) is 1. The predicted octanol–water partition coefficient (Wildman–Crippen LogP) is 3.92. The third-order valence-electron chi connectivity index (χ3n) is 7.74. The van der Waals surface area contributed by atoms with E-state index in [1.807, 2.05) is 64.5 Å². The van der Waals surface area contributed by atoms with E-state index in [1.165, 1.54) is 12.1 Å². The van der Waals surface area contributed by atoms with Crippen LogP contribution in [-0.2, 0) is 19.1 Å². The van der Waals surface area contributed by atoms with Gasteiger partial charge in [0.2, 0.25) is 5.91 Å². The number of hydrazine groups is 1. The van der Waals surface area contributed by atoms with Crippen molar-refractivity contribution in [2.45, 2.75) is 77.9 Å². The molecule has 1 aromatic carbocycles. The number of hydrogen-bond acceptors (Lipinski definition) is 10. The van der Waals surface area contributed by atoms with Crippen LogP contribution in [0.4, 0.5) is 0 Å². The van der Waals surface area contributed by atoms with Crippen molar-refractivity contribution in [2.24, 2.45) is 22.9 Å². The minimum absolute atomic E-state index is 0.0359. The zero-order chi connectivity index (χ0) is 31.0. The minimum atomic E-state index is -0.407. The third kappa shape index (κ3) is 9.11. The second-order valence-corrected chi connectivity index (χ2v) is 13.0. The SMILES string of the molecule is CC(C)(C)C(C=O)N(N)/C=C(\N)C1CC1.COC(=O)CC(NC(=O)C1CCCN1C)c1ccc(-c2scnc2C)cc1. The first-order valence-corrected chi connectivity index (χ1v) is 15.3. The van der Waals surface area contributed by atoms with Gasteiger partial charge in [-0.25, -0.2) is 10.8 Å². The van der Waals surface area contributed by atoms with Gasteiger partial charge in [0, 0.05) is 17.8 Å². The fourth-order valence-electron chi connectivity index (χ4n) is 4.95. The maximum atomic E-state index is 12.7. The maximum absolute atomic E-state index is 12.7. The summed E-state index contributed by atoms with van der Waals surface area (Å²) in [5.41, 5.74) is 11.2. The number of amides is 1. The zero-order valence-electron chi connectivity index (χ0n) is 25.6. The first-order valence-electron chi connectivity index (χ1n) is 14.4. The van der Waals surface area contributed by atoms with Crippen LogP contribution in [0.1, 0.15) is 70.2 Å². The van der Waals surface area contributed by atoms with Crippen molar-refractivity contribution in [1.82, 2.24) is 20.2 Å². The number of ether oxygens (including phenoxy) is 1. The molecule has 2 fully saturated rings. The van der Waals surface area contributed by atoms with Crippen LogP contribution in [0.2, 0.25) is 0 Å². The number of nitrogens with two attached hydrogens (primary N) is 2. The van der Waals surface area contributed by atoms with Gasteiger partial charge in [0.1, 0.15) is 12.3 Å². The van der Waals surface area contributed by atoms with Crippen LogP contribution in [0.3, 0.4) is 0 Å². The summed E-state index contributed by atoms with van der Waals surface area (Å²) in [6, 6.07) is 7.05. The van der Waals surface area contributed by atoms with Crippen molar-refractivity contribution in [1.29, 1.82) is 0 Å². The molecule has 1 aliphatic heterocycles. The van der Waals surface area contributed by atoms with E-state index in [-0.39, 0.29) is 35.8 Å². The van der Waals surface area contributed by atoms with Gasteiger partial charge in [-0.1, -0.05) is 45.0 Å². The summed E-state index contributed by atoms with van der Waals surface area (Å²) in [4.78, 5) is 43.0. The molecule has 2 heterocycles. The van der Waals surface area contributed by atoms with Crippen LogP contribution < -0.4 is 16.9 Å². The highest BCUT2D eigenvalue weighted by Gasteiger charge is 2.31. The molecular weight excluding hydrogens is 552 g/mol. The smallest absolute Gasteiger partial charge is 0.307 e. The van der Waals surface area contributed by atoms with Crippen molar-refractivity contribution >= 4 is 29.5 Å². The predicted molar refractivity (Wildman–Crippen MR) is 166 cm³/mol. The molecule has 1 saturated carbocycles. The van der Waals surface area contributed by atoms with Crippen molar-refractivity contribution < 1.29 is 19.1 Å². The van der Waals surface area contributed by atoms with Crippen LogP contribution in [0.15, 0.2) is 41.7 Å². The highest BCUT2D eigenvalue weighted by Crippen LogP contribution is 2.34. The molecule has 4 rings (SSSR count). The number of aryl methyl sites for hydroxylation is 1.